The normalized spacial score (nSPS) is 15.3. The van der Waals surface area contributed by atoms with E-state index < -0.39 is 0 Å². The fourth-order valence-electron chi connectivity index (χ4n) is 2.80. The minimum atomic E-state index is 0.140. The fourth-order valence-corrected chi connectivity index (χ4v) is 2.97. The molecule has 0 N–H and O–H groups in total. The van der Waals surface area contributed by atoms with Crippen LogP contribution in [0.5, 0.6) is 0 Å². The molecule has 19 heavy (non-hydrogen) atoms. The van der Waals surface area contributed by atoms with Crippen LogP contribution in [0.4, 0.5) is 0 Å². The Balaban J connectivity index is 3.18. The van der Waals surface area contributed by atoms with Gasteiger partial charge < -0.3 is 4.74 Å². The Kier molecular flexibility index (Phi) is 6.28. The summed E-state index contributed by atoms with van der Waals surface area (Å²) in [5.41, 5.74) is 1.21. The second kappa shape index (κ2) is 7.25. The van der Waals surface area contributed by atoms with Gasteiger partial charge in [0.05, 0.1) is 6.10 Å². The van der Waals surface area contributed by atoms with Gasteiger partial charge in [-0.2, -0.15) is 0 Å². The molecule has 1 aromatic heterocycles. The third kappa shape index (κ3) is 3.93. The minimum absolute atomic E-state index is 0.140. The second-order valence-corrected chi connectivity index (χ2v) is 5.83. The van der Waals surface area contributed by atoms with Crippen molar-refractivity contribution in [3.63, 3.8) is 0 Å². The minimum Gasteiger partial charge on any atom is -0.378 e. The SMILES string of the molecule is CCOC(C)C(c1cc(Cl)ccn1)C(C)(CC)CC. The molecule has 0 bridgehead atoms. The van der Waals surface area contributed by atoms with Gasteiger partial charge >= 0.3 is 0 Å². The first-order valence-corrected chi connectivity index (χ1v) is 7.59. The Hall–Kier alpha value is -0.600. The van der Waals surface area contributed by atoms with Gasteiger partial charge in [0.2, 0.25) is 0 Å². The van der Waals surface area contributed by atoms with Crippen molar-refractivity contribution in [1.82, 2.24) is 4.98 Å². The fraction of sp³-hybridized carbons (Fsp3) is 0.688. The van der Waals surface area contributed by atoms with Gasteiger partial charge in [0.25, 0.3) is 0 Å². The summed E-state index contributed by atoms with van der Waals surface area (Å²) < 4.78 is 5.87. The van der Waals surface area contributed by atoms with Gasteiger partial charge in [-0.1, -0.05) is 32.4 Å². The molecule has 0 aliphatic carbocycles. The van der Waals surface area contributed by atoms with Crippen molar-refractivity contribution in [2.24, 2.45) is 5.41 Å². The lowest BCUT2D eigenvalue weighted by atomic mass is 9.69. The molecular formula is C16H26ClNO. The van der Waals surface area contributed by atoms with Crippen LogP contribution in [-0.2, 0) is 4.74 Å². The maximum Gasteiger partial charge on any atom is 0.0635 e. The average molecular weight is 284 g/mol. The van der Waals surface area contributed by atoms with Crippen molar-refractivity contribution in [3.8, 4) is 0 Å². The number of halogens is 1. The van der Waals surface area contributed by atoms with E-state index in [4.69, 9.17) is 16.3 Å². The van der Waals surface area contributed by atoms with Crippen LogP contribution < -0.4 is 0 Å². The molecule has 1 heterocycles. The Labute approximate surface area is 122 Å². The van der Waals surface area contributed by atoms with Crippen LogP contribution in [0, 0.1) is 5.41 Å². The number of pyridine rings is 1. The van der Waals surface area contributed by atoms with Crippen LogP contribution >= 0.6 is 11.6 Å². The lowest BCUT2D eigenvalue weighted by Gasteiger charge is -2.39. The molecule has 2 nitrogen and oxygen atoms in total. The standard InChI is InChI=1S/C16H26ClNO/c1-6-16(5,7-2)15(12(4)19-8-3)14-11-13(17)9-10-18-14/h9-12,15H,6-8H2,1-5H3. The number of hydrogen-bond acceptors (Lipinski definition) is 2. The molecule has 0 saturated carbocycles. The number of rotatable bonds is 7. The van der Waals surface area contributed by atoms with E-state index in [1.54, 1.807) is 6.20 Å². The number of nitrogens with zero attached hydrogens (tertiary/aromatic N) is 1. The quantitative estimate of drug-likeness (QED) is 0.697. The molecule has 0 fully saturated rings. The highest BCUT2D eigenvalue weighted by Gasteiger charge is 2.37. The summed E-state index contributed by atoms with van der Waals surface area (Å²) >= 11 is 6.13. The Morgan fingerprint density at radius 3 is 2.42 bits per heavy atom. The highest BCUT2D eigenvalue weighted by Crippen LogP contribution is 2.44. The highest BCUT2D eigenvalue weighted by molar-refractivity contribution is 6.30. The summed E-state index contributed by atoms with van der Waals surface area (Å²) in [5, 5.41) is 0.744. The molecule has 0 aliphatic rings. The summed E-state index contributed by atoms with van der Waals surface area (Å²) in [7, 11) is 0. The predicted octanol–water partition coefficient (Wildman–Crippen LogP) is 5.07. The molecule has 0 spiro atoms. The molecule has 0 aliphatic heterocycles. The van der Waals surface area contributed by atoms with Gasteiger partial charge in [-0.3, -0.25) is 4.98 Å². The van der Waals surface area contributed by atoms with Crippen LogP contribution in [0.3, 0.4) is 0 Å². The molecule has 2 unspecified atom stereocenters. The first-order valence-electron chi connectivity index (χ1n) is 7.21. The van der Waals surface area contributed by atoms with Crippen molar-refractivity contribution in [1.29, 1.82) is 0 Å². The molecule has 0 aromatic carbocycles. The molecule has 1 rings (SSSR count). The summed E-state index contributed by atoms with van der Waals surface area (Å²) in [6.45, 7) is 11.7. The topological polar surface area (TPSA) is 22.1 Å². The van der Waals surface area contributed by atoms with E-state index in [0.29, 0.717) is 0 Å². The van der Waals surface area contributed by atoms with Crippen LogP contribution in [0.1, 0.15) is 59.1 Å². The van der Waals surface area contributed by atoms with Crippen LogP contribution in [0.15, 0.2) is 18.3 Å². The van der Waals surface area contributed by atoms with Crippen LogP contribution in [-0.4, -0.2) is 17.7 Å². The van der Waals surface area contributed by atoms with E-state index in [1.165, 1.54) is 0 Å². The zero-order valence-electron chi connectivity index (χ0n) is 12.7. The third-order valence-corrected chi connectivity index (χ3v) is 4.56. The van der Waals surface area contributed by atoms with Crippen molar-refractivity contribution in [2.45, 2.75) is 59.5 Å². The van der Waals surface area contributed by atoms with Crippen molar-refractivity contribution >= 4 is 11.6 Å². The highest BCUT2D eigenvalue weighted by atomic mass is 35.5. The Bertz CT molecular complexity index is 390. The Morgan fingerprint density at radius 1 is 1.32 bits per heavy atom. The second-order valence-electron chi connectivity index (χ2n) is 5.40. The summed E-state index contributed by atoms with van der Waals surface area (Å²) in [6, 6.07) is 3.80. The lowest BCUT2D eigenvalue weighted by molar-refractivity contribution is 0.0119. The first kappa shape index (κ1) is 16.5. The van der Waals surface area contributed by atoms with Gasteiger partial charge in [-0.15, -0.1) is 0 Å². The van der Waals surface area contributed by atoms with E-state index in [0.717, 1.165) is 30.2 Å². The molecule has 3 heteroatoms. The van der Waals surface area contributed by atoms with Gasteiger partial charge in [-0.25, -0.2) is 0 Å². The van der Waals surface area contributed by atoms with Gasteiger partial charge in [0.15, 0.2) is 0 Å². The first-order chi connectivity index (χ1) is 8.98. The van der Waals surface area contributed by atoms with E-state index in [1.807, 2.05) is 19.1 Å². The average Bonchev–Trinajstić information content (AvgIpc) is 2.39. The molecule has 108 valence electrons. The molecular weight excluding hydrogens is 258 g/mol. The van der Waals surface area contributed by atoms with E-state index in [9.17, 15) is 0 Å². The monoisotopic (exact) mass is 283 g/mol. The van der Waals surface area contributed by atoms with Crippen molar-refractivity contribution in [2.75, 3.05) is 6.61 Å². The van der Waals surface area contributed by atoms with Crippen LogP contribution in [0.2, 0.25) is 5.02 Å². The van der Waals surface area contributed by atoms with E-state index in [-0.39, 0.29) is 17.4 Å². The summed E-state index contributed by atoms with van der Waals surface area (Å²) in [4.78, 5) is 4.54. The number of hydrogen-bond donors (Lipinski definition) is 0. The third-order valence-electron chi connectivity index (χ3n) is 4.33. The molecule has 0 saturated heterocycles. The smallest absolute Gasteiger partial charge is 0.0635 e. The van der Waals surface area contributed by atoms with Gasteiger partial charge in [0, 0.05) is 29.4 Å². The summed E-state index contributed by atoms with van der Waals surface area (Å²) in [6.07, 6.45) is 4.12. The van der Waals surface area contributed by atoms with E-state index >= 15 is 0 Å². The van der Waals surface area contributed by atoms with Crippen LogP contribution in [0.25, 0.3) is 0 Å². The zero-order valence-corrected chi connectivity index (χ0v) is 13.5. The van der Waals surface area contributed by atoms with Gasteiger partial charge in [0.1, 0.15) is 0 Å². The predicted molar refractivity (Wildman–Crippen MR) is 81.8 cm³/mol. The largest absolute Gasteiger partial charge is 0.378 e. The molecule has 2 atom stereocenters. The van der Waals surface area contributed by atoms with Crippen molar-refractivity contribution < 1.29 is 4.74 Å². The van der Waals surface area contributed by atoms with Gasteiger partial charge in [-0.05, 0) is 44.2 Å². The maximum absolute atomic E-state index is 6.13. The zero-order chi connectivity index (χ0) is 14.5. The maximum atomic E-state index is 6.13. The number of aromatic nitrogens is 1. The molecule has 0 radical (unpaired) electrons. The Morgan fingerprint density at radius 2 is 1.95 bits per heavy atom. The summed E-state index contributed by atoms with van der Waals surface area (Å²) in [5.74, 6) is 0.265. The van der Waals surface area contributed by atoms with E-state index in [2.05, 4.69) is 32.7 Å². The molecule has 0 amide bonds. The lowest BCUT2D eigenvalue weighted by Crippen LogP contribution is -2.34. The van der Waals surface area contributed by atoms with Crippen molar-refractivity contribution in [3.05, 3.63) is 29.0 Å². The molecule has 1 aromatic rings. The number of ether oxygens (including phenoxy) is 1.